The van der Waals surface area contributed by atoms with E-state index in [-0.39, 0.29) is 29.6 Å². The Balaban J connectivity index is 0.00000200. The van der Waals surface area contributed by atoms with Gasteiger partial charge in [-0.25, -0.2) is 0 Å². The number of nitrogens with two attached hydrogens (primary N) is 1. The minimum atomic E-state index is -0.0746. The molecule has 0 radical (unpaired) electrons. The lowest BCUT2D eigenvalue weighted by atomic mass is 9.80. The van der Waals surface area contributed by atoms with Gasteiger partial charge in [0.1, 0.15) is 0 Å². The van der Waals surface area contributed by atoms with Gasteiger partial charge in [0.25, 0.3) is 0 Å². The number of aryl methyl sites for hydroxylation is 2. The van der Waals surface area contributed by atoms with Crippen LogP contribution < -0.4 is 11.1 Å². The minimum absolute atomic E-state index is 0. The van der Waals surface area contributed by atoms with Crippen molar-refractivity contribution in [2.24, 2.45) is 10.7 Å². The average Bonchev–Trinajstić information content (AvgIpc) is 2.26. The molecule has 0 atom stereocenters. The highest BCUT2D eigenvalue weighted by Crippen LogP contribution is 2.35. The van der Waals surface area contributed by atoms with E-state index in [0.29, 0.717) is 12.5 Å². The second kappa shape index (κ2) is 7.26. The highest BCUT2D eigenvalue weighted by Gasteiger charge is 2.36. The van der Waals surface area contributed by atoms with E-state index < -0.39 is 0 Å². The van der Waals surface area contributed by atoms with Crippen molar-refractivity contribution < 1.29 is 4.74 Å². The molecule has 0 heterocycles. The lowest BCUT2D eigenvalue weighted by Gasteiger charge is -2.39. The van der Waals surface area contributed by atoms with Gasteiger partial charge in [-0.1, -0.05) is 6.07 Å². The summed E-state index contributed by atoms with van der Waals surface area (Å²) in [7, 11) is 1.75. The molecule has 1 fully saturated rings. The SMILES string of the molecule is COC1(CN=C(N)Nc2cc(C)cc(C)c2)CCC1.I. The summed E-state index contributed by atoms with van der Waals surface area (Å²) in [4.78, 5) is 4.40. The van der Waals surface area contributed by atoms with Gasteiger partial charge in [-0.05, 0) is 56.4 Å². The molecular formula is C15H24IN3O. The molecule has 0 bridgehead atoms. The Labute approximate surface area is 138 Å². The van der Waals surface area contributed by atoms with Crippen molar-refractivity contribution in [1.82, 2.24) is 0 Å². The van der Waals surface area contributed by atoms with Gasteiger partial charge in [0.05, 0.1) is 12.1 Å². The molecule has 0 amide bonds. The van der Waals surface area contributed by atoms with Gasteiger partial charge in [-0.15, -0.1) is 24.0 Å². The van der Waals surface area contributed by atoms with Crippen molar-refractivity contribution in [3.63, 3.8) is 0 Å². The van der Waals surface area contributed by atoms with E-state index in [0.717, 1.165) is 18.5 Å². The lowest BCUT2D eigenvalue weighted by molar-refractivity contribution is -0.0629. The first-order chi connectivity index (χ1) is 9.03. The van der Waals surface area contributed by atoms with Gasteiger partial charge < -0.3 is 15.8 Å². The van der Waals surface area contributed by atoms with Crippen molar-refractivity contribution in [3.8, 4) is 0 Å². The van der Waals surface area contributed by atoms with E-state index in [9.17, 15) is 0 Å². The number of anilines is 1. The van der Waals surface area contributed by atoms with Crippen molar-refractivity contribution in [2.45, 2.75) is 38.7 Å². The number of nitrogens with zero attached hydrogens (tertiary/aromatic N) is 1. The summed E-state index contributed by atoms with van der Waals surface area (Å²) < 4.78 is 5.52. The molecule has 1 aliphatic rings. The molecule has 0 aliphatic heterocycles. The van der Waals surface area contributed by atoms with Gasteiger partial charge >= 0.3 is 0 Å². The maximum absolute atomic E-state index is 5.93. The summed E-state index contributed by atoms with van der Waals surface area (Å²) in [5.74, 6) is 0.452. The maximum atomic E-state index is 5.93. The molecule has 1 aliphatic carbocycles. The van der Waals surface area contributed by atoms with Gasteiger partial charge in [-0.2, -0.15) is 0 Å². The van der Waals surface area contributed by atoms with Crippen LogP contribution in [0.2, 0.25) is 0 Å². The van der Waals surface area contributed by atoms with Crippen LogP contribution >= 0.6 is 24.0 Å². The number of aliphatic imine (C=N–C) groups is 1. The third kappa shape index (κ3) is 4.34. The monoisotopic (exact) mass is 389 g/mol. The second-order valence-electron chi connectivity index (χ2n) is 5.44. The van der Waals surface area contributed by atoms with Gasteiger partial charge in [0.2, 0.25) is 0 Å². The zero-order valence-corrected chi connectivity index (χ0v) is 14.7. The Morgan fingerprint density at radius 1 is 1.30 bits per heavy atom. The van der Waals surface area contributed by atoms with E-state index in [4.69, 9.17) is 10.5 Å². The van der Waals surface area contributed by atoms with E-state index in [1.54, 1.807) is 7.11 Å². The van der Waals surface area contributed by atoms with Crippen LogP contribution in [0.25, 0.3) is 0 Å². The van der Waals surface area contributed by atoms with Crippen molar-refractivity contribution in [2.75, 3.05) is 19.0 Å². The fraction of sp³-hybridized carbons (Fsp3) is 0.533. The van der Waals surface area contributed by atoms with Crippen LogP contribution in [0.3, 0.4) is 0 Å². The standard InChI is InChI=1S/C15H23N3O.HI/c1-11-7-12(2)9-13(8-11)18-14(16)17-10-15(19-3)5-4-6-15;/h7-9H,4-6,10H2,1-3H3,(H3,16,17,18);1H. The van der Waals surface area contributed by atoms with Gasteiger partial charge in [0, 0.05) is 12.8 Å². The summed E-state index contributed by atoms with van der Waals surface area (Å²) in [5, 5.41) is 3.14. The largest absolute Gasteiger partial charge is 0.376 e. The molecule has 0 spiro atoms. The maximum Gasteiger partial charge on any atom is 0.193 e. The first kappa shape index (κ1) is 17.2. The fourth-order valence-electron chi connectivity index (χ4n) is 2.46. The van der Waals surface area contributed by atoms with Crippen LogP contribution in [0.5, 0.6) is 0 Å². The van der Waals surface area contributed by atoms with Crippen LogP contribution in [0.4, 0.5) is 5.69 Å². The summed E-state index contributed by atoms with van der Waals surface area (Å²) in [5.41, 5.74) is 9.26. The first-order valence-electron chi connectivity index (χ1n) is 6.73. The Bertz CT molecular complexity index is 458. The number of halogens is 1. The quantitative estimate of drug-likeness (QED) is 0.472. The Hall–Kier alpha value is -0.820. The van der Waals surface area contributed by atoms with Crippen LogP contribution in [0.1, 0.15) is 30.4 Å². The Morgan fingerprint density at radius 2 is 1.90 bits per heavy atom. The number of hydrogen-bond donors (Lipinski definition) is 2. The van der Waals surface area contributed by atoms with Crippen molar-refractivity contribution in [1.29, 1.82) is 0 Å². The molecule has 0 aromatic heterocycles. The smallest absolute Gasteiger partial charge is 0.193 e. The van der Waals surface area contributed by atoms with E-state index >= 15 is 0 Å². The number of benzene rings is 1. The number of nitrogens with one attached hydrogen (secondary N) is 1. The molecular weight excluding hydrogens is 365 g/mol. The zero-order chi connectivity index (χ0) is 13.9. The van der Waals surface area contributed by atoms with E-state index in [1.165, 1.54) is 17.5 Å². The number of methoxy groups -OCH3 is 1. The number of rotatable bonds is 4. The van der Waals surface area contributed by atoms with Crippen LogP contribution in [-0.2, 0) is 4.74 Å². The van der Waals surface area contributed by atoms with E-state index in [2.05, 4.69) is 42.4 Å². The molecule has 0 saturated heterocycles. The normalized spacial score (nSPS) is 17.1. The molecule has 3 N–H and O–H groups in total. The Kier molecular flexibility index (Phi) is 6.26. The van der Waals surface area contributed by atoms with Crippen molar-refractivity contribution >= 4 is 35.6 Å². The predicted octanol–water partition coefficient (Wildman–Crippen LogP) is 3.22. The van der Waals surface area contributed by atoms with Gasteiger partial charge in [0.15, 0.2) is 5.96 Å². The third-order valence-electron chi connectivity index (χ3n) is 3.73. The van der Waals surface area contributed by atoms with Crippen LogP contribution in [0.15, 0.2) is 23.2 Å². The summed E-state index contributed by atoms with van der Waals surface area (Å²) in [6.07, 6.45) is 3.36. The zero-order valence-electron chi connectivity index (χ0n) is 12.4. The summed E-state index contributed by atoms with van der Waals surface area (Å²) in [6, 6.07) is 6.25. The predicted molar refractivity (Wildman–Crippen MR) is 95.0 cm³/mol. The second-order valence-corrected chi connectivity index (χ2v) is 5.44. The van der Waals surface area contributed by atoms with Crippen molar-refractivity contribution in [3.05, 3.63) is 29.3 Å². The molecule has 1 aromatic rings. The molecule has 20 heavy (non-hydrogen) atoms. The molecule has 2 rings (SSSR count). The topological polar surface area (TPSA) is 59.6 Å². The third-order valence-corrected chi connectivity index (χ3v) is 3.73. The van der Waals surface area contributed by atoms with Gasteiger partial charge in [-0.3, -0.25) is 4.99 Å². The molecule has 112 valence electrons. The highest BCUT2D eigenvalue weighted by molar-refractivity contribution is 14.0. The highest BCUT2D eigenvalue weighted by atomic mass is 127. The lowest BCUT2D eigenvalue weighted by Crippen LogP contribution is -2.43. The summed E-state index contributed by atoms with van der Waals surface area (Å²) in [6.45, 7) is 4.77. The molecule has 5 heteroatoms. The average molecular weight is 389 g/mol. The fourth-order valence-corrected chi connectivity index (χ4v) is 2.46. The molecule has 0 unspecified atom stereocenters. The van der Waals surface area contributed by atoms with Crippen LogP contribution in [0, 0.1) is 13.8 Å². The van der Waals surface area contributed by atoms with E-state index in [1.807, 2.05) is 0 Å². The molecule has 1 aromatic carbocycles. The van der Waals surface area contributed by atoms with Crippen LogP contribution in [-0.4, -0.2) is 25.2 Å². The minimum Gasteiger partial charge on any atom is -0.376 e. The Morgan fingerprint density at radius 3 is 2.35 bits per heavy atom. The molecule has 1 saturated carbocycles. The first-order valence-corrected chi connectivity index (χ1v) is 6.73. The molecule has 4 nitrogen and oxygen atoms in total. The number of hydrogen-bond acceptors (Lipinski definition) is 2. The number of guanidine groups is 1. The number of ether oxygens (including phenoxy) is 1. The summed E-state index contributed by atoms with van der Waals surface area (Å²) >= 11 is 0.